The van der Waals surface area contributed by atoms with Gasteiger partial charge in [-0.3, -0.25) is 9.59 Å². The summed E-state index contributed by atoms with van der Waals surface area (Å²) in [5.74, 6) is 0.391. The second-order valence-corrected chi connectivity index (χ2v) is 5.93. The Labute approximate surface area is 146 Å². The van der Waals surface area contributed by atoms with Crippen LogP contribution in [0.5, 0.6) is 17.2 Å². The molecule has 0 fully saturated rings. The molecule has 0 aliphatic heterocycles. The molecule has 2 aromatic rings. The van der Waals surface area contributed by atoms with Crippen molar-refractivity contribution in [3.8, 4) is 17.2 Å². The van der Waals surface area contributed by atoms with Gasteiger partial charge < -0.3 is 14.9 Å². The van der Waals surface area contributed by atoms with E-state index in [1.165, 1.54) is 13.2 Å². The highest BCUT2D eigenvalue weighted by Gasteiger charge is 2.11. The van der Waals surface area contributed by atoms with Crippen LogP contribution in [0.2, 0.25) is 0 Å². The highest BCUT2D eigenvalue weighted by molar-refractivity contribution is 5.99. The van der Waals surface area contributed by atoms with Gasteiger partial charge in [0, 0.05) is 12.8 Å². The van der Waals surface area contributed by atoms with E-state index < -0.39 is 0 Å². The van der Waals surface area contributed by atoms with Crippen LogP contribution in [0.1, 0.15) is 30.4 Å². The monoisotopic (exact) mass is 342 g/mol. The predicted octanol–water partition coefficient (Wildman–Crippen LogP) is 3.20. The van der Waals surface area contributed by atoms with Crippen LogP contribution < -0.4 is 4.74 Å². The molecule has 0 atom stereocenters. The molecule has 25 heavy (non-hydrogen) atoms. The van der Waals surface area contributed by atoms with Crippen molar-refractivity contribution in [1.82, 2.24) is 0 Å². The first-order chi connectivity index (χ1) is 12.0. The SMILES string of the molecule is COc1cc(CCC(=O)CC(=O)CCc2cccc(O)c2)ccc1O. The maximum atomic E-state index is 12.0. The Morgan fingerprint density at radius 2 is 1.56 bits per heavy atom. The maximum absolute atomic E-state index is 12.0. The Kier molecular flexibility index (Phi) is 6.57. The Balaban J connectivity index is 1.77. The van der Waals surface area contributed by atoms with Crippen molar-refractivity contribution in [2.75, 3.05) is 7.11 Å². The molecule has 0 amide bonds. The molecular formula is C20H22O5. The minimum atomic E-state index is -0.104. The number of carbonyl (C=O) groups is 2. The van der Waals surface area contributed by atoms with Crippen LogP contribution in [0.15, 0.2) is 42.5 Å². The number of benzene rings is 2. The van der Waals surface area contributed by atoms with Crippen molar-refractivity contribution in [2.45, 2.75) is 32.1 Å². The Morgan fingerprint density at radius 1 is 0.920 bits per heavy atom. The lowest BCUT2D eigenvalue weighted by Gasteiger charge is -2.06. The fourth-order valence-electron chi connectivity index (χ4n) is 2.55. The van der Waals surface area contributed by atoms with Gasteiger partial charge in [0.1, 0.15) is 17.3 Å². The van der Waals surface area contributed by atoms with Crippen molar-refractivity contribution < 1.29 is 24.5 Å². The quantitative estimate of drug-likeness (QED) is 0.684. The summed E-state index contributed by atoms with van der Waals surface area (Å²) in [6.45, 7) is 0. The molecule has 0 saturated heterocycles. The van der Waals surface area contributed by atoms with Crippen LogP contribution in [0.3, 0.4) is 0 Å². The van der Waals surface area contributed by atoms with Crippen LogP contribution in [0.4, 0.5) is 0 Å². The molecule has 0 aromatic heterocycles. The molecule has 0 saturated carbocycles. The third-order valence-electron chi connectivity index (χ3n) is 3.93. The lowest BCUT2D eigenvalue weighted by Crippen LogP contribution is -2.09. The molecule has 2 N–H and O–H groups in total. The van der Waals surface area contributed by atoms with Crippen LogP contribution >= 0.6 is 0 Å². The average Bonchev–Trinajstić information content (AvgIpc) is 2.59. The standard InChI is InChI=1S/C20H22O5/c1-25-20-12-15(7-10-19(20)24)6-9-18(23)13-17(22)8-5-14-3-2-4-16(21)11-14/h2-4,7,10-12,21,24H,5-6,8-9,13H2,1H3. The minimum Gasteiger partial charge on any atom is -0.508 e. The first kappa shape index (κ1) is 18.5. The third kappa shape index (κ3) is 5.95. The number of ether oxygens (including phenoxy) is 1. The molecule has 0 bridgehead atoms. The number of phenols is 2. The van der Waals surface area contributed by atoms with E-state index in [1.54, 1.807) is 30.3 Å². The van der Waals surface area contributed by atoms with E-state index in [0.29, 0.717) is 18.6 Å². The van der Waals surface area contributed by atoms with Crippen molar-refractivity contribution in [1.29, 1.82) is 0 Å². The lowest BCUT2D eigenvalue weighted by molar-refractivity contribution is -0.126. The molecular weight excluding hydrogens is 320 g/mol. The molecule has 0 unspecified atom stereocenters. The molecule has 0 aliphatic carbocycles. The van der Waals surface area contributed by atoms with Crippen LogP contribution in [0.25, 0.3) is 0 Å². The molecule has 0 heterocycles. The second-order valence-electron chi connectivity index (χ2n) is 5.93. The van der Waals surface area contributed by atoms with Gasteiger partial charge in [-0.25, -0.2) is 0 Å². The van der Waals surface area contributed by atoms with Crippen molar-refractivity contribution in [2.24, 2.45) is 0 Å². The van der Waals surface area contributed by atoms with E-state index in [2.05, 4.69) is 0 Å². The molecule has 2 rings (SSSR count). The van der Waals surface area contributed by atoms with E-state index in [4.69, 9.17) is 4.74 Å². The molecule has 0 aliphatic rings. The zero-order chi connectivity index (χ0) is 18.2. The number of aromatic hydroxyl groups is 2. The maximum Gasteiger partial charge on any atom is 0.160 e. The molecule has 0 radical (unpaired) electrons. The van der Waals surface area contributed by atoms with Gasteiger partial charge in [-0.1, -0.05) is 18.2 Å². The van der Waals surface area contributed by atoms with Crippen LogP contribution in [-0.2, 0) is 22.4 Å². The molecule has 0 spiro atoms. The first-order valence-corrected chi connectivity index (χ1v) is 8.15. The number of hydrogen-bond acceptors (Lipinski definition) is 5. The summed E-state index contributed by atoms with van der Waals surface area (Å²) in [6.07, 6.45) is 1.48. The highest BCUT2D eigenvalue weighted by atomic mass is 16.5. The first-order valence-electron chi connectivity index (χ1n) is 8.15. The normalized spacial score (nSPS) is 10.4. The third-order valence-corrected chi connectivity index (χ3v) is 3.93. The number of Topliss-reactive ketones (excluding diaryl/α,β-unsaturated/α-hetero) is 2. The Bertz CT molecular complexity index is 752. The van der Waals surface area contributed by atoms with Crippen LogP contribution in [-0.4, -0.2) is 28.9 Å². The smallest absolute Gasteiger partial charge is 0.160 e. The van der Waals surface area contributed by atoms with E-state index in [9.17, 15) is 19.8 Å². The summed E-state index contributed by atoms with van der Waals surface area (Å²) in [4.78, 5) is 23.9. The largest absolute Gasteiger partial charge is 0.508 e. The van der Waals surface area contributed by atoms with Gasteiger partial charge in [0.25, 0.3) is 0 Å². The summed E-state index contributed by atoms with van der Waals surface area (Å²) < 4.78 is 5.03. The van der Waals surface area contributed by atoms with Gasteiger partial charge in [0.15, 0.2) is 11.5 Å². The number of methoxy groups -OCH3 is 1. The average molecular weight is 342 g/mol. The van der Waals surface area contributed by atoms with Crippen LogP contribution in [0, 0.1) is 0 Å². The number of phenolic OH excluding ortho intramolecular Hbond substituents is 2. The number of rotatable bonds is 9. The van der Waals surface area contributed by atoms with Gasteiger partial charge in [-0.05, 0) is 48.2 Å². The van der Waals surface area contributed by atoms with E-state index >= 15 is 0 Å². The van der Waals surface area contributed by atoms with Gasteiger partial charge in [0.05, 0.1) is 13.5 Å². The number of carbonyl (C=O) groups excluding carboxylic acids is 2. The summed E-state index contributed by atoms with van der Waals surface area (Å²) in [5.41, 5.74) is 1.74. The number of hydrogen-bond donors (Lipinski definition) is 2. The summed E-state index contributed by atoms with van der Waals surface area (Å²) in [5, 5.41) is 18.9. The summed E-state index contributed by atoms with van der Waals surface area (Å²) in [7, 11) is 1.47. The second kappa shape index (κ2) is 8.87. The summed E-state index contributed by atoms with van der Waals surface area (Å²) >= 11 is 0. The van der Waals surface area contributed by atoms with Crippen molar-refractivity contribution in [3.05, 3.63) is 53.6 Å². The van der Waals surface area contributed by atoms with Gasteiger partial charge in [0.2, 0.25) is 0 Å². The van der Waals surface area contributed by atoms with E-state index in [-0.39, 0.29) is 42.3 Å². The number of ketones is 2. The number of aryl methyl sites for hydroxylation is 2. The summed E-state index contributed by atoms with van der Waals surface area (Å²) in [6, 6.07) is 11.7. The Morgan fingerprint density at radius 3 is 2.16 bits per heavy atom. The molecule has 132 valence electrons. The van der Waals surface area contributed by atoms with Crippen molar-refractivity contribution >= 4 is 11.6 Å². The Hall–Kier alpha value is -2.82. The predicted molar refractivity (Wildman–Crippen MR) is 94.0 cm³/mol. The van der Waals surface area contributed by atoms with Gasteiger partial charge in [-0.2, -0.15) is 0 Å². The molecule has 5 heteroatoms. The van der Waals surface area contributed by atoms with E-state index in [1.807, 2.05) is 6.07 Å². The molecule has 5 nitrogen and oxygen atoms in total. The van der Waals surface area contributed by atoms with Crippen molar-refractivity contribution in [3.63, 3.8) is 0 Å². The highest BCUT2D eigenvalue weighted by Crippen LogP contribution is 2.26. The zero-order valence-corrected chi connectivity index (χ0v) is 14.2. The fourth-order valence-corrected chi connectivity index (χ4v) is 2.55. The lowest BCUT2D eigenvalue weighted by atomic mass is 10.0. The topological polar surface area (TPSA) is 83.8 Å². The fraction of sp³-hybridized carbons (Fsp3) is 0.300. The van der Waals surface area contributed by atoms with E-state index in [0.717, 1.165) is 11.1 Å². The van der Waals surface area contributed by atoms with Gasteiger partial charge in [-0.15, -0.1) is 0 Å². The van der Waals surface area contributed by atoms with Gasteiger partial charge >= 0.3 is 0 Å². The zero-order valence-electron chi connectivity index (χ0n) is 14.2. The molecule has 2 aromatic carbocycles. The minimum absolute atomic E-state index is 0.0553.